The van der Waals surface area contributed by atoms with Gasteiger partial charge in [-0.15, -0.1) is 0 Å². The van der Waals surface area contributed by atoms with Gasteiger partial charge in [0.05, 0.1) is 0 Å². The summed E-state index contributed by atoms with van der Waals surface area (Å²) < 4.78 is 15.7. The zero-order valence-electron chi connectivity index (χ0n) is 10.9. The van der Waals surface area contributed by atoms with E-state index >= 15 is 0 Å². The highest BCUT2D eigenvalue weighted by Crippen LogP contribution is 2.24. The van der Waals surface area contributed by atoms with Crippen LogP contribution in [0, 0.1) is 5.82 Å². The van der Waals surface area contributed by atoms with Gasteiger partial charge in [-0.25, -0.2) is 9.37 Å². The van der Waals surface area contributed by atoms with Crippen molar-refractivity contribution in [2.24, 2.45) is 0 Å². The molecular weight excluding hydrogens is 309 g/mol. The SMILES string of the molecule is CCCn1ncnc1CC(CBr)c1ccccc1F. The fourth-order valence-corrected chi connectivity index (χ4v) is 2.70. The van der Waals surface area contributed by atoms with Gasteiger partial charge >= 0.3 is 0 Å². The molecule has 0 aliphatic heterocycles. The molecule has 1 heterocycles. The maximum atomic E-state index is 13.8. The summed E-state index contributed by atoms with van der Waals surface area (Å²) >= 11 is 3.47. The lowest BCUT2D eigenvalue weighted by atomic mass is 9.97. The van der Waals surface area contributed by atoms with E-state index in [-0.39, 0.29) is 11.7 Å². The van der Waals surface area contributed by atoms with E-state index in [1.165, 1.54) is 6.07 Å². The van der Waals surface area contributed by atoms with Gasteiger partial charge in [-0.05, 0) is 18.1 Å². The Kier molecular flexibility index (Phi) is 5.07. The Bertz CT molecular complexity index is 527. The van der Waals surface area contributed by atoms with Crippen LogP contribution >= 0.6 is 15.9 Å². The van der Waals surface area contributed by atoms with E-state index < -0.39 is 0 Å². The highest BCUT2D eigenvalue weighted by atomic mass is 79.9. The normalized spacial score (nSPS) is 12.6. The smallest absolute Gasteiger partial charge is 0.138 e. The Labute approximate surface area is 121 Å². The van der Waals surface area contributed by atoms with Gasteiger partial charge in [0.25, 0.3) is 0 Å². The number of aryl methyl sites for hydroxylation is 1. The molecule has 0 spiro atoms. The molecule has 0 fully saturated rings. The van der Waals surface area contributed by atoms with Crippen LogP contribution in [0.1, 0.15) is 30.7 Å². The molecule has 0 saturated heterocycles. The quantitative estimate of drug-likeness (QED) is 0.760. The maximum Gasteiger partial charge on any atom is 0.138 e. The standard InChI is InChI=1S/C14H17BrFN3/c1-2-7-19-14(17-10-18-19)8-11(9-15)12-5-3-4-6-13(12)16/h3-6,10-11H,2,7-9H2,1H3. The third kappa shape index (κ3) is 3.41. The van der Waals surface area contributed by atoms with Crippen molar-refractivity contribution in [1.82, 2.24) is 14.8 Å². The Balaban J connectivity index is 2.19. The molecule has 2 rings (SSSR count). The molecule has 102 valence electrons. The zero-order chi connectivity index (χ0) is 13.7. The van der Waals surface area contributed by atoms with Gasteiger partial charge in [0, 0.05) is 24.2 Å². The lowest BCUT2D eigenvalue weighted by Gasteiger charge is -2.15. The fourth-order valence-electron chi connectivity index (χ4n) is 2.12. The van der Waals surface area contributed by atoms with Gasteiger partial charge in [-0.2, -0.15) is 5.10 Å². The third-order valence-corrected chi connectivity index (χ3v) is 3.87. The lowest BCUT2D eigenvalue weighted by molar-refractivity contribution is 0.542. The Morgan fingerprint density at radius 2 is 2.16 bits per heavy atom. The van der Waals surface area contributed by atoms with Crippen molar-refractivity contribution >= 4 is 15.9 Å². The summed E-state index contributed by atoms with van der Waals surface area (Å²) in [6.45, 7) is 2.95. The van der Waals surface area contributed by atoms with Gasteiger partial charge in [0.2, 0.25) is 0 Å². The molecule has 1 aromatic carbocycles. The van der Waals surface area contributed by atoms with Crippen LogP contribution in [0.25, 0.3) is 0 Å². The van der Waals surface area contributed by atoms with Crippen LogP contribution in [-0.4, -0.2) is 20.1 Å². The van der Waals surface area contributed by atoms with Crippen molar-refractivity contribution in [3.63, 3.8) is 0 Å². The number of hydrogen-bond donors (Lipinski definition) is 0. The Morgan fingerprint density at radius 1 is 1.37 bits per heavy atom. The van der Waals surface area contributed by atoms with E-state index in [0.29, 0.717) is 11.8 Å². The van der Waals surface area contributed by atoms with Gasteiger partial charge in [0.1, 0.15) is 18.0 Å². The number of alkyl halides is 1. The van der Waals surface area contributed by atoms with Crippen LogP contribution in [0.4, 0.5) is 4.39 Å². The molecular formula is C14H17BrFN3. The highest BCUT2D eigenvalue weighted by molar-refractivity contribution is 9.09. The van der Waals surface area contributed by atoms with Gasteiger partial charge in [-0.3, -0.25) is 4.68 Å². The number of nitrogens with zero attached hydrogens (tertiary/aromatic N) is 3. The van der Waals surface area contributed by atoms with Crippen LogP contribution in [0.5, 0.6) is 0 Å². The highest BCUT2D eigenvalue weighted by Gasteiger charge is 2.17. The summed E-state index contributed by atoms with van der Waals surface area (Å²) in [4.78, 5) is 4.29. The second-order valence-corrected chi connectivity index (χ2v) is 5.12. The van der Waals surface area contributed by atoms with Crippen molar-refractivity contribution in [2.75, 3.05) is 5.33 Å². The van der Waals surface area contributed by atoms with E-state index in [4.69, 9.17) is 0 Å². The van der Waals surface area contributed by atoms with E-state index in [0.717, 1.165) is 24.4 Å². The average Bonchev–Trinajstić information content (AvgIpc) is 2.85. The molecule has 0 bridgehead atoms. The number of rotatable bonds is 6. The first-order chi connectivity index (χ1) is 9.26. The minimum atomic E-state index is -0.159. The fraction of sp³-hybridized carbons (Fsp3) is 0.429. The van der Waals surface area contributed by atoms with Gasteiger partial charge in [-0.1, -0.05) is 41.1 Å². The molecule has 0 aliphatic rings. The van der Waals surface area contributed by atoms with Crippen LogP contribution in [0.2, 0.25) is 0 Å². The summed E-state index contributed by atoms with van der Waals surface area (Å²) in [5.41, 5.74) is 0.727. The summed E-state index contributed by atoms with van der Waals surface area (Å²) in [6, 6.07) is 6.91. The van der Waals surface area contributed by atoms with Gasteiger partial charge < -0.3 is 0 Å². The second kappa shape index (κ2) is 6.80. The van der Waals surface area contributed by atoms with E-state index in [1.807, 2.05) is 16.8 Å². The van der Waals surface area contributed by atoms with Crippen LogP contribution < -0.4 is 0 Å². The molecule has 1 unspecified atom stereocenters. The molecule has 0 N–H and O–H groups in total. The molecule has 1 atom stereocenters. The first-order valence-corrected chi connectivity index (χ1v) is 7.55. The molecule has 0 aliphatic carbocycles. The van der Waals surface area contributed by atoms with Crippen LogP contribution in [0.3, 0.4) is 0 Å². The molecule has 19 heavy (non-hydrogen) atoms. The van der Waals surface area contributed by atoms with Crippen molar-refractivity contribution in [2.45, 2.75) is 32.2 Å². The number of halogens is 2. The third-order valence-electron chi connectivity index (χ3n) is 3.09. The minimum absolute atomic E-state index is 0.0704. The molecule has 0 saturated carbocycles. The number of benzene rings is 1. The van der Waals surface area contributed by atoms with Crippen molar-refractivity contribution in [3.05, 3.63) is 47.8 Å². The molecule has 1 aromatic heterocycles. The Morgan fingerprint density at radius 3 is 2.84 bits per heavy atom. The first-order valence-electron chi connectivity index (χ1n) is 6.43. The van der Waals surface area contributed by atoms with Crippen LogP contribution in [-0.2, 0) is 13.0 Å². The van der Waals surface area contributed by atoms with E-state index in [1.54, 1.807) is 12.4 Å². The maximum absolute atomic E-state index is 13.8. The van der Waals surface area contributed by atoms with Crippen LogP contribution in [0.15, 0.2) is 30.6 Å². The van der Waals surface area contributed by atoms with Crippen molar-refractivity contribution < 1.29 is 4.39 Å². The Hall–Kier alpha value is -1.23. The molecule has 3 nitrogen and oxygen atoms in total. The lowest BCUT2D eigenvalue weighted by Crippen LogP contribution is -2.12. The number of aromatic nitrogens is 3. The summed E-state index contributed by atoms with van der Waals surface area (Å²) in [7, 11) is 0. The summed E-state index contributed by atoms with van der Waals surface area (Å²) in [5, 5.41) is 4.91. The largest absolute Gasteiger partial charge is 0.250 e. The van der Waals surface area contributed by atoms with Gasteiger partial charge in [0.15, 0.2) is 0 Å². The first kappa shape index (κ1) is 14.2. The molecule has 0 radical (unpaired) electrons. The van der Waals surface area contributed by atoms with Crippen molar-refractivity contribution in [1.29, 1.82) is 0 Å². The summed E-state index contributed by atoms with van der Waals surface area (Å²) in [5.74, 6) is 0.823. The predicted octanol–water partition coefficient (Wildman–Crippen LogP) is 3.55. The van der Waals surface area contributed by atoms with Crippen molar-refractivity contribution in [3.8, 4) is 0 Å². The zero-order valence-corrected chi connectivity index (χ0v) is 12.5. The second-order valence-electron chi connectivity index (χ2n) is 4.48. The number of hydrogen-bond acceptors (Lipinski definition) is 2. The molecule has 5 heteroatoms. The van der Waals surface area contributed by atoms with E-state index in [9.17, 15) is 4.39 Å². The van der Waals surface area contributed by atoms with E-state index in [2.05, 4.69) is 32.9 Å². The molecule has 0 amide bonds. The summed E-state index contributed by atoms with van der Waals surface area (Å²) in [6.07, 6.45) is 3.26. The minimum Gasteiger partial charge on any atom is -0.250 e. The average molecular weight is 326 g/mol. The predicted molar refractivity (Wildman–Crippen MR) is 77.0 cm³/mol. The molecule has 2 aromatic rings. The topological polar surface area (TPSA) is 30.7 Å². The monoisotopic (exact) mass is 325 g/mol.